The van der Waals surface area contributed by atoms with Crippen LogP contribution in [0, 0.1) is 0 Å². The summed E-state index contributed by atoms with van der Waals surface area (Å²) in [7, 11) is 0. The molecule has 0 bridgehead atoms. The Morgan fingerprint density at radius 3 is 2.56 bits per heavy atom. The Balaban J connectivity index is 1.13. The molecule has 1 saturated heterocycles. The molecule has 162 valence electrons. The van der Waals surface area contributed by atoms with Crippen molar-refractivity contribution in [1.29, 1.82) is 0 Å². The van der Waals surface area contributed by atoms with Gasteiger partial charge in [0.2, 0.25) is 5.91 Å². The number of amides is 2. The van der Waals surface area contributed by atoms with Crippen molar-refractivity contribution in [3.63, 3.8) is 0 Å². The number of nitrogens with one attached hydrogen (secondary N) is 1. The molecule has 5 rings (SSSR count). The standard InChI is InChI=1S/C24H22N4O4/c29-22(15-25-23(30)19-14-21(32-27-19)16-6-2-1-3-7-16)28-12-10-17(11-13-28)24-26-18-8-4-5-9-20(18)31-24/h1-9,14,17H,10-13,15H2,(H,25,30). The van der Waals surface area contributed by atoms with E-state index in [9.17, 15) is 9.59 Å². The van der Waals surface area contributed by atoms with Crippen molar-refractivity contribution in [1.82, 2.24) is 20.4 Å². The Morgan fingerprint density at radius 2 is 1.78 bits per heavy atom. The average Bonchev–Trinajstić information content (AvgIpc) is 3.51. The van der Waals surface area contributed by atoms with Crippen LogP contribution in [0.5, 0.6) is 0 Å². The molecular weight excluding hydrogens is 408 g/mol. The Kier molecular flexibility index (Phi) is 5.41. The summed E-state index contributed by atoms with van der Waals surface area (Å²) in [5.74, 6) is 0.856. The fourth-order valence-corrected chi connectivity index (χ4v) is 3.92. The molecule has 1 aliphatic rings. The van der Waals surface area contributed by atoms with Crippen LogP contribution in [0.25, 0.3) is 22.4 Å². The lowest BCUT2D eigenvalue weighted by molar-refractivity contribution is -0.131. The maximum Gasteiger partial charge on any atom is 0.273 e. The number of piperidine rings is 1. The fraction of sp³-hybridized carbons (Fsp3) is 0.250. The van der Waals surface area contributed by atoms with Crippen LogP contribution in [-0.2, 0) is 4.79 Å². The minimum atomic E-state index is -0.439. The van der Waals surface area contributed by atoms with Crippen molar-refractivity contribution in [2.45, 2.75) is 18.8 Å². The van der Waals surface area contributed by atoms with E-state index in [0.29, 0.717) is 18.8 Å². The number of benzene rings is 2. The van der Waals surface area contributed by atoms with Gasteiger partial charge in [-0.2, -0.15) is 0 Å². The van der Waals surface area contributed by atoms with Gasteiger partial charge in [-0.1, -0.05) is 47.6 Å². The van der Waals surface area contributed by atoms with E-state index in [2.05, 4.69) is 15.5 Å². The number of fused-ring (bicyclic) bond motifs is 1. The summed E-state index contributed by atoms with van der Waals surface area (Å²) in [5.41, 5.74) is 2.61. The minimum absolute atomic E-state index is 0.0834. The smallest absolute Gasteiger partial charge is 0.273 e. The van der Waals surface area contributed by atoms with Gasteiger partial charge in [-0.25, -0.2) is 4.98 Å². The molecule has 0 saturated carbocycles. The number of aromatic nitrogens is 2. The Hall–Kier alpha value is -3.94. The van der Waals surface area contributed by atoms with E-state index in [1.54, 1.807) is 11.0 Å². The molecule has 1 fully saturated rings. The van der Waals surface area contributed by atoms with Gasteiger partial charge in [0, 0.05) is 30.6 Å². The third kappa shape index (κ3) is 4.12. The van der Waals surface area contributed by atoms with E-state index in [0.717, 1.165) is 35.4 Å². The number of nitrogens with zero attached hydrogens (tertiary/aromatic N) is 3. The highest BCUT2D eigenvalue weighted by Gasteiger charge is 2.27. The first-order valence-corrected chi connectivity index (χ1v) is 10.6. The van der Waals surface area contributed by atoms with Crippen LogP contribution >= 0.6 is 0 Å². The van der Waals surface area contributed by atoms with Gasteiger partial charge < -0.3 is 19.2 Å². The third-order valence-corrected chi connectivity index (χ3v) is 5.71. The van der Waals surface area contributed by atoms with Gasteiger partial charge >= 0.3 is 0 Å². The van der Waals surface area contributed by atoms with Gasteiger partial charge in [0.05, 0.1) is 6.54 Å². The first-order valence-electron chi connectivity index (χ1n) is 10.6. The second-order valence-electron chi connectivity index (χ2n) is 7.80. The zero-order chi connectivity index (χ0) is 21.9. The number of para-hydroxylation sites is 2. The van der Waals surface area contributed by atoms with Crippen LogP contribution in [-0.4, -0.2) is 46.5 Å². The van der Waals surface area contributed by atoms with Gasteiger partial charge in [-0.15, -0.1) is 0 Å². The summed E-state index contributed by atoms with van der Waals surface area (Å²) in [6.45, 7) is 1.11. The Bertz CT molecular complexity index is 1210. The summed E-state index contributed by atoms with van der Waals surface area (Å²) >= 11 is 0. The number of likely N-dealkylation sites (tertiary alicyclic amines) is 1. The number of hydrogen-bond donors (Lipinski definition) is 1. The molecule has 8 heteroatoms. The second-order valence-corrected chi connectivity index (χ2v) is 7.80. The number of rotatable bonds is 5. The third-order valence-electron chi connectivity index (χ3n) is 5.71. The van der Waals surface area contributed by atoms with Gasteiger partial charge in [0.1, 0.15) is 5.52 Å². The molecule has 0 aliphatic carbocycles. The molecule has 0 unspecified atom stereocenters. The SMILES string of the molecule is O=C(NCC(=O)N1CCC(c2nc3ccccc3o2)CC1)c1cc(-c2ccccc2)on1. The molecule has 0 radical (unpaired) electrons. The van der Waals surface area contributed by atoms with Gasteiger partial charge in [0.15, 0.2) is 22.9 Å². The summed E-state index contributed by atoms with van der Waals surface area (Å²) < 4.78 is 11.1. The van der Waals surface area contributed by atoms with E-state index < -0.39 is 5.91 Å². The lowest BCUT2D eigenvalue weighted by Crippen LogP contribution is -2.43. The average molecular weight is 430 g/mol. The fourth-order valence-electron chi connectivity index (χ4n) is 3.92. The molecule has 1 aliphatic heterocycles. The van der Waals surface area contributed by atoms with Crippen molar-refractivity contribution in [2.75, 3.05) is 19.6 Å². The quantitative estimate of drug-likeness (QED) is 0.519. The van der Waals surface area contributed by atoms with E-state index in [4.69, 9.17) is 8.94 Å². The zero-order valence-electron chi connectivity index (χ0n) is 17.4. The molecule has 0 atom stereocenters. The van der Waals surface area contributed by atoms with Crippen molar-refractivity contribution in [3.05, 3.63) is 72.2 Å². The normalized spacial score (nSPS) is 14.6. The van der Waals surface area contributed by atoms with E-state index in [1.165, 1.54) is 0 Å². The first kappa shape index (κ1) is 20.0. The number of hydrogen-bond acceptors (Lipinski definition) is 6. The molecular formula is C24H22N4O4. The molecule has 2 amide bonds. The first-order chi connectivity index (χ1) is 15.7. The monoisotopic (exact) mass is 430 g/mol. The molecule has 32 heavy (non-hydrogen) atoms. The summed E-state index contributed by atoms with van der Waals surface area (Å²) in [5, 5.41) is 6.45. The minimum Gasteiger partial charge on any atom is -0.440 e. The van der Waals surface area contributed by atoms with Crippen molar-refractivity contribution < 1.29 is 18.5 Å². The van der Waals surface area contributed by atoms with Gasteiger partial charge in [-0.3, -0.25) is 9.59 Å². The molecule has 4 aromatic rings. The highest BCUT2D eigenvalue weighted by atomic mass is 16.5. The summed E-state index contributed by atoms with van der Waals surface area (Å²) in [6, 6.07) is 18.7. The lowest BCUT2D eigenvalue weighted by atomic mass is 9.97. The molecule has 1 N–H and O–H groups in total. The predicted octanol–water partition coefficient (Wildman–Crippen LogP) is 3.62. The molecule has 2 aromatic carbocycles. The zero-order valence-corrected chi connectivity index (χ0v) is 17.4. The molecule has 8 nitrogen and oxygen atoms in total. The maximum absolute atomic E-state index is 12.6. The van der Waals surface area contributed by atoms with Crippen LogP contribution in [0.3, 0.4) is 0 Å². The molecule has 3 heterocycles. The molecule has 2 aromatic heterocycles. The lowest BCUT2D eigenvalue weighted by Gasteiger charge is -2.30. The number of oxazole rings is 1. The Morgan fingerprint density at radius 1 is 1.03 bits per heavy atom. The van der Waals surface area contributed by atoms with Crippen molar-refractivity contribution >= 4 is 22.9 Å². The van der Waals surface area contributed by atoms with Crippen LogP contribution in [0.2, 0.25) is 0 Å². The van der Waals surface area contributed by atoms with Gasteiger partial charge in [-0.05, 0) is 25.0 Å². The van der Waals surface area contributed by atoms with E-state index >= 15 is 0 Å². The van der Waals surface area contributed by atoms with Crippen LogP contribution in [0.1, 0.15) is 35.1 Å². The van der Waals surface area contributed by atoms with Crippen LogP contribution in [0.4, 0.5) is 0 Å². The van der Waals surface area contributed by atoms with Crippen molar-refractivity contribution in [2.24, 2.45) is 0 Å². The molecule has 0 spiro atoms. The maximum atomic E-state index is 12.6. The highest BCUT2D eigenvalue weighted by Crippen LogP contribution is 2.29. The second kappa shape index (κ2) is 8.66. The largest absolute Gasteiger partial charge is 0.440 e. The van der Waals surface area contributed by atoms with E-state index in [-0.39, 0.29) is 24.1 Å². The Labute approximate surface area is 184 Å². The van der Waals surface area contributed by atoms with E-state index in [1.807, 2.05) is 54.6 Å². The highest BCUT2D eigenvalue weighted by molar-refractivity contribution is 5.95. The van der Waals surface area contributed by atoms with Crippen LogP contribution in [0.15, 0.2) is 69.6 Å². The summed E-state index contributed by atoms with van der Waals surface area (Å²) in [4.78, 5) is 31.3. The topological polar surface area (TPSA) is 101 Å². The number of carbonyl (C=O) groups is 2. The summed E-state index contributed by atoms with van der Waals surface area (Å²) in [6.07, 6.45) is 1.55. The number of carbonyl (C=O) groups excluding carboxylic acids is 2. The predicted molar refractivity (Wildman–Crippen MR) is 117 cm³/mol. The van der Waals surface area contributed by atoms with Gasteiger partial charge in [0.25, 0.3) is 5.91 Å². The van der Waals surface area contributed by atoms with Crippen LogP contribution < -0.4 is 5.32 Å². The van der Waals surface area contributed by atoms with Crippen molar-refractivity contribution in [3.8, 4) is 11.3 Å².